The predicted molar refractivity (Wildman–Crippen MR) is 208 cm³/mol. The molecule has 0 fully saturated rings. The molecule has 2 aliphatic rings. The summed E-state index contributed by atoms with van der Waals surface area (Å²) in [7, 11) is 2.17. The first kappa shape index (κ1) is 33.5. The van der Waals surface area contributed by atoms with E-state index in [4.69, 9.17) is 0 Å². The summed E-state index contributed by atoms with van der Waals surface area (Å²) in [6.07, 6.45) is 15.4. The van der Waals surface area contributed by atoms with E-state index in [1.807, 2.05) is 0 Å². The SMILES string of the molecule is CCCCc1ccc2c(c1)C(C)(C)C1=C2c2ccc(C(C)(C)C)c[n+]2C(C=Cc2cccc3ccc4ccc[n+](C)c4c23)(CC)C1(C)CC. The Hall–Kier alpha value is -4.04. The first-order valence-corrected chi connectivity index (χ1v) is 18.8. The van der Waals surface area contributed by atoms with Gasteiger partial charge in [-0.05, 0) is 89.1 Å². The highest BCUT2D eigenvalue weighted by Gasteiger charge is 2.64. The molecule has 0 saturated heterocycles. The van der Waals surface area contributed by atoms with Gasteiger partial charge in [0.2, 0.25) is 11.2 Å². The molecule has 3 heterocycles. The van der Waals surface area contributed by atoms with Crippen molar-refractivity contribution in [3.05, 3.63) is 130 Å². The summed E-state index contributed by atoms with van der Waals surface area (Å²) in [5.74, 6) is 0. The Kier molecular flexibility index (Phi) is 8.05. The van der Waals surface area contributed by atoms with E-state index in [1.165, 1.54) is 73.6 Å². The number of aromatic nitrogens is 2. The van der Waals surface area contributed by atoms with E-state index in [9.17, 15) is 0 Å². The standard InChI is InChI=1S/C47H56N2/c1-11-14-17-32-21-25-37-38(30-32)45(7,8)43-41(37)39-26-24-36(44(4,5)6)31-49(39)47(13-3,46(43,9)12-2)28-27-34-19-15-18-33-22-23-35-20-16-29-48(10)42(35)40(33)34/h15-16,18-31H,11-14,17H2,1-10H3/q+2. The van der Waals surface area contributed by atoms with Crippen LogP contribution in [0.4, 0.5) is 0 Å². The molecule has 5 aromatic rings. The molecule has 1 aliphatic carbocycles. The normalized spacial score (nSPS) is 21.4. The fraction of sp³-hybridized carbons (Fsp3) is 0.404. The lowest BCUT2D eigenvalue weighted by Gasteiger charge is -2.50. The van der Waals surface area contributed by atoms with Gasteiger partial charge in [-0.2, -0.15) is 4.57 Å². The number of fused-ring (bicyclic) bond motifs is 7. The topological polar surface area (TPSA) is 7.76 Å². The van der Waals surface area contributed by atoms with Gasteiger partial charge in [-0.15, -0.1) is 0 Å². The van der Waals surface area contributed by atoms with Crippen LogP contribution in [0.5, 0.6) is 0 Å². The molecule has 2 heteroatoms. The van der Waals surface area contributed by atoms with Gasteiger partial charge in [0.25, 0.3) is 0 Å². The zero-order valence-corrected chi connectivity index (χ0v) is 31.7. The third kappa shape index (κ3) is 4.88. The molecule has 0 radical (unpaired) electrons. The van der Waals surface area contributed by atoms with Crippen LogP contribution in [0.2, 0.25) is 0 Å². The minimum Gasteiger partial charge on any atom is -0.200 e. The van der Waals surface area contributed by atoms with Gasteiger partial charge >= 0.3 is 0 Å². The van der Waals surface area contributed by atoms with Gasteiger partial charge in [-0.3, -0.25) is 0 Å². The van der Waals surface area contributed by atoms with Crippen LogP contribution in [0.25, 0.3) is 33.3 Å². The Labute approximate surface area is 295 Å². The lowest BCUT2D eigenvalue weighted by Crippen LogP contribution is -2.68. The number of rotatable bonds is 7. The molecular formula is C47H56N2+2. The average molecular weight is 649 g/mol. The molecule has 252 valence electrons. The zero-order valence-electron chi connectivity index (χ0n) is 31.7. The third-order valence-electron chi connectivity index (χ3n) is 12.5. The van der Waals surface area contributed by atoms with E-state index < -0.39 is 0 Å². The van der Waals surface area contributed by atoms with Gasteiger partial charge < -0.3 is 0 Å². The van der Waals surface area contributed by atoms with Crippen molar-refractivity contribution >= 4 is 33.3 Å². The first-order valence-electron chi connectivity index (χ1n) is 18.8. The van der Waals surface area contributed by atoms with Crippen molar-refractivity contribution in [3.8, 4) is 0 Å². The molecular weight excluding hydrogens is 593 g/mol. The lowest BCUT2D eigenvalue weighted by molar-refractivity contribution is -0.771. The quantitative estimate of drug-likeness (QED) is 0.123. The molecule has 49 heavy (non-hydrogen) atoms. The number of allylic oxidation sites excluding steroid dienone is 2. The van der Waals surface area contributed by atoms with Crippen LogP contribution in [0.1, 0.15) is 122 Å². The highest BCUT2D eigenvalue weighted by Crippen LogP contribution is 2.63. The van der Waals surface area contributed by atoms with Crippen LogP contribution in [0, 0.1) is 5.41 Å². The monoisotopic (exact) mass is 648 g/mol. The Balaban J connectivity index is 1.53. The van der Waals surface area contributed by atoms with Crippen molar-refractivity contribution in [3.63, 3.8) is 0 Å². The molecule has 2 atom stereocenters. The summed E-state index contributed by atoms with van der Waals surface area (Å²) in [5, 5.41) is 3.87. The Morgan fingerprint density at radius 3 is 2.29 bits per heavy atom. The molecule has 2 aromatic heterocycles. The van der Waals surface area contributed by atoms with Crippen molar-refractivity contribution < 1.29 is 9.13 Å². The van der Waals surface area contributed by atoms with E-state index in [0.29, 0.717) is 0 Å². The first-order chi connectivity index (χ1) is 23.3. The second-order valence-corrected chi connectivity index (χ2v) is 16.6. The molecule has 2 unspecified atom stereocenters. The molecule has 0 spiro atoms. The molecule has 0 amide bonds. The maximum atomic E-state index is 2.71. The maximum Gasteiger partial charge on any atom is 0.220 e. The second kappa shape index (κ2) is 11.8. The third-order valence-corrected chi connectivity index (χ3v) is 12.5. The van der Waals surface area contributed by atoms with Gasteiger partial charge in [0.1, 0.15) is 7.05 Å². The van der Waals surface area contributed by atoms with Crippen LogP contribution in [-0.2, 0) is 29.8 Å². The van der Waals surface area contributed by atoms with Crippen molar-refractivity contribution in [2.75, 3.05) is 0 Å². The smallest absolute Gasteiger partial charge is 0.200 e. The van der Waals surface area contributed by atoms with Crippen LogP contribution in [-0.4, -0.2) is 0 Å². The number of nitrogens with zero attached hydrogens (tertiary/aromatic N) is 2. The van der Waals surface area contributed by atoms with E-state index in [0.717, 1.165) is 19.3 Å². The summed E-state index contributed by atoms with van der Waals surface area (Å²) in [5.41, 5.74) is 12.3. The molecule has 1 aliphatic heterocycles. The lowest BCUT2D eigenvalue weighted by atomic mass is 9.55. The number of hydrogen-bond donors (Lipinski definition) is 0. The summed E-state index contributed by atoms with van der Waals surface area (Å²) in [6.45, 7) is 21.8. The Bertz CT molecular complexity index is 2170. The van der Waals surface area contributed by atoms with Crippen molar-refractivity contribution in [1.29, 1.82) is 0 Å². The Morgan fingerprint density at radius 2 is 1.57 bits per heavy atom. The summed E-state index contributed by atoms with van der Waals surface area (Å²) >= 11 is 0. The minimum atomic E-state index is -0.281. The molecule has 0 saturated carbocycles. The van der Waals surface area contributed by atoms with Gasteiger partial charge in [0.15, 0.2) is 17.9 Å². The van der Waals surface area contributed by atoms with E-state index >= 15 is 0 Å². The van der Waals surface area contributed by atoms with Crippen LogP contribution in [0.15, 0.2) is 96.8 Å². The van der Waals surface area contributed by atoms with Crippen LogP contribution < -0.4 is 9.13 Å². The number of hydrogen-bond acceptors (Lipinski definition) is 0. The molecule has 2 nitrogen and oxygen atoms in total. The highest BCUT2D eigenvalue weighted by molar-refractivity contribution is 6.07. The van der Waals surface area contributed by atoms with E-state index in [1.54, 1.807) is 5.57 Å². The van der Waals surface area contributed by atoms with Crippen molar-refractivity contribution in [1.82, 2.24) is 0 Å². The summed E-state index contributed by atoms with van der Waals surface area (Å²) in [4.78, 5) is 0. The average Bonchev–Trinajstić information content (AvgIpc) is 3.33. The van der Waals surface area contributed by atoms with Gasteiger partial charge in [0.05, 0.1) is 16.4 Å². The zero-order chi connectivity index (χ0) is 34.9. The number of pyridine rings is 2. The Morgan fingerprint density at radius 1 is 0.816 bits per heavy atom. The molecule has 0 bridgehead atoms. The van der Waals surface area contributed by atoms with E-state index in [-0.39, 0.29) is 21.8 Å². The summed E-state index contributed by atoms with van der Waals surface area (Å²) in [6, 6.07) is 28.0. The van der Waals surface area contributed by atoms with Crippen molar-refractivity contribution in [2.45, 2.75) is 111 Å². The van der Waals surface area contributed by atoms with Gasteiger partial charge in [-0.25, -0.2) is 4.57 Å². The molecule has 0 N–H and O–H groups in total. The number of benzene rings is 3. The predicted octanol–water partition coefficient (Wildman–Crippen LogP) is 11.1. The van der Waals surface area contributed by atoms with Gasteiger partial charge in [0, 0.05) is 34.9 Å². The van der Waals surface area contributed by atoms with Crippen LogP contribution in [0.3, 0.4) is 0 Å². The summed E-state index contributed by atoms with van der Waals surface area (Å²) < 4.78 is 5.00. The van der Waals surface area contributed by atoms with Crippen molar-refractivity contribution in [2.24, 2.45) is 12.5 Å². The minimum absolute atomic E-state index is 0.0346. The number of aryl methyl sites for hydroxylation is 2. The van der Waals surface area contributed by atoms with Gasteiger partial charge in [-0.1, -0.05) is 110 Å². The van der Waals surface area contributed by atoms with Crippen LogP contribution >= 0.6 is 0 Å². The maximum absolute atomic E-state index is 2.71. The number of unbranched alkanes of at least 4 members (excludes halogenated alkanes) is 1. The molecule has 7 rings (SSSR count). The fourth-order valence-electron chi connectivity index (χ4n) is 9.70. The molecule has 3 aromatic carbocycles. The fourth-order valence-corrected chi connectivity index (χ4v) is 9.70. The largest absolute Gasteiger partial charge is 0.220 e. The van der Waals surface area contributed by atoms with E-state index in [2.05, 4.69) is 176 Å². The highest BCUT2D eigenvalue weighted by atomic mass is 15.1. The second-order valence-electron chi connectivity index (χ2n) is 16.6.